The Morgan fingerprint density at radius 2 is 0.929 bits per heavy atom. The lowest BCUT2D eigenvalue weighted by Crippen LogP contribution is -2.05. The van der Waals surface area contributed by atoms with Crippen molar-refractivity contribution in [3.8, 4) is 0 Å². The van der Waals surface area contributed by atoms with Crippen molar-refractivity contribution in [2.75, 3.05) is 14.2 Å². The minimum Gasteiger partial charge on any atom is -0.478 e. The Bertz CT molecular complexity index is 3750. The molecule has 1 unspecified atom stereocenters. The minimum atomic E-state index is -1.03. The van der Waals surface area contributed by atoms with E-state index in [0.29, 0.717) is 67.3 Å². The zero-order valence-corrected chi connectivity index (χ0v) is 49.8. The number of thioether (sulfide) groups is 4. The number of carbonyl (C=O) groups is 4. The second-order valence-electron chi connectivity index (χ2n) is 18.0. The van der Waals surface area contributed by atoms with E-state index in [9.17, 15) is 46.2 Å². The number of benzene rings is 9. The maximum absolute atomic E-state index is 13.3. The van der Waals surface area contributed by atoms with E-state index in [2.05, 4.69) is 20.7 Å². The molecule has 0 saturated carbocycles. The predicted molar refractivity (Wildman–Crippen MR) is 326 cm³/mol. The summed E-state index contributed by atoms with van der Waals surface area (Å²) in [6.07, 6.45) is -0.656. The summed E-state index contributed by atoms with van der Waals surface area (Å²) in [4.78, 5) is 50.2. The minimum absolute atomic E-state index is 0.0133. The summed E-state index contributed by atoms with van der Waals surface area (Å²) >= 11 is 9.41. The lowest BCUT2D eigenvalue weighted by atomic mass is 9.97. The van der Waals surface area contributed by atoms with Crippen LogP contribution in [0.3, 0.4) is 0 Å². The van der Waals surface area contributed by atoms with Crippen LogP contribution >= 0.6 is 63.0 Å². The molecular weight excluding hydrogens is 1220 g/mol. The van der Waals surface area contributed by atoms with Crippen LogP contribution in [0.15, 0.2) is 220 Å². The monoisotopic (exact) mass is 1270 g/mol. The van der Waals surface area contributed by atoms with E-state index in [1.165, 1.54) is 105 Å². The van der Waals surface area contributed by atoms with Crippen LogP contribution in [0, 0.1) is 29.1 Å². The van der Waals surface area contributed by atoms with Gasteiger partial charge in [0.05, 0.1) is 30.9 Å². The number of aliphatic hydroxyl groups excluding tert-OH is 1. The van der Waals surface area contributed by atoms with Crippen molar-refractivity contribution in [3.05, 3.63) is 296 Å². The Morgan fingerprint density at radius 1 is 0.500 bits per heavy atom. The highest BCUT2D eigenvalue weighted by Gasteiger charge is 2.23. The fraction of sp³-hybridized carbons (Fsp3) is 0.121. The first-order valence-electron chi connectivity index (χ1n) is 25.5. The number of esters is 2. The number of hydrogen-bond donors (Lipinski definition) is 2. The Balaban J connectivity index is 0.000000151. The maximum Gasteiger partial charge on any atom is 0.338 e. The first-order valence-corrected chi connectivity index (χ1v) is 30.5. The average Bonchev–Trinajstić information content (AvgIpc) is 3.77. The smallest absolute Gasteiger partial charge is 0.338 e. The van der Waals surface area contributed by atoms with Gasteiger partial charge in [0.2, 0.25) is 0 Å². The number of hydrogen-bond acceptors (Lipinski definition) is 11. The molecule has 0 radical (unpaired) electrons. The van der Waals surface area contributed by atoms with Gasteiger partial charge in [0.25, 0.3) is 0 Å². The molecule has 0 aromatic heterocycles. The molecule has 0 bridgehead atoms. The van der Waals surface area contributed by atoms with Gasteiger partial charge in [0, 0.05) is 59.1 Å². The molecule has 0 spiro atoms. The summed E-state index contributed by atoms with van der Waals surface area (Å²) in [7, 11) is 2.61. The lowest BCUT2D eigenvalue weighted by Gasteiger charge is -2.13. The number of carboxylic acids is 1. The molecule has 2 N–H and O–H groups in total. The summed E-state index contributed by atoms with van der Waals surface area (Å²) in [5.74, 6) is -1.31. The number of ether oxygens (including phenoxy) is 2. The molecule has 11 rings (SSSR count). The lowest BCUT2D eigenvalue weighted by molar-refractivity contribution is 0.0590. The van der Waals surface area contributed by atoms with E-state index in [1.807, 2.05) is 109 Å². The van der Waals surface area contributed by atoms with E-state index in [1.54, 1.807) is 47.4 Å². The normalized spacial score (nSPS) is 12.5. The van der Waals surface area contributed by atoms with Crippen LogP contribution in [0.5, 0.6) is 0 Å². The van der Waals surface area contributed by atoms with Crippen molar-refractivity contribution in [1.82, 2.24) is 0 Å². The first kappa shape index (κ1) is 64.1. The molecule has 8 nitrogen and oxygen atoms in total. The van der Waals surface area contributed by atoms with Gasteiger partial charge in [-0.15, -0.1) is 47.0 Å². The largest absolute Gasteiger partial charge is 0.478 e. The Hall–Kier alpha value is -7.45. The zero-order chi connectivity index (χ0) is 60.1. The molecule has 0 fully saturated rings. The van der Waals surface area contributed by atoms with Gasteiger partial charge in [-0.05, 0) is 166 Å². The van der Waals surface area contributed by atoms with Crippen molar-refractivity contribution in [3.63, 3.8) is 0 Å². The van der Waals surface area contributed by atoms with E-state index in [-0.39, 0.29) is 34.6 Å². The molecule has 2 heterocycles. The summed E-state index contributed by atoms with van der Waals surface area (Å²) in [6, 6.07) is 55.4. The van der Waals surface area contributed by atoms with E-state index < -0.39 is 29.8 Å². The standard InChI is InChI=1S/C15H13FO2S.C14H11FO2S.C14H11FOS.C14H9FOS.C9H8BrFO2/c1-18-15(17)14-8-7-12(16)9-11(14)10-19-13-5-3-2-4-6-13;15-11-6-7-13(14(16)17)10(8-11)9-18-12-4-2-1-3-5-12;2*15-10-5-6-11-9(7-10)8-17-13-4-2-1-3-12(13)14(11)16;1-13-9(12)8-3-2-7(11)4-6(8)5-10/h2-9H,10H2,1H3;1-8H,9H2,(H,16,17);1-7,14,16H,8H2;1-7H,8H2;2-4H,5H2,1H3. The van der Waals surface area contributed by atoms with Gasteiger partial charge in [-0.2, -0.15) is 0 Å². The summed E-state index contributed by atoms with van der Waals surface area (Å²) in [5.41, 5.74) is 7.37. The molecule has 0 aliphatic carbocycles. The number of rotatable bonds is 10. The zero-order valence-electron chi connectivity index (χ0n) is 44.9. The number of alkyl halides is 1. The average molecular weight is 1280 g/mol. The van der Waals surface area contributed by atoms with Crippen molar-refractivity contribution < 1.29 is 60.8 Å². The quantitative estimate of drug-likeness (QED) is 0.0586. The van der Waals surface area contributed by atoms with E-state index >= 15 is 0 Å². The summed E-state index contributed by atoms with van der Waals surface area (Å²) in [5, 5.41) is 19.8. The molecule has 9 aromatic rings. The summed E-state index contributed by atoms with van der Waals surface area (Å²) in [6.45, 7) is 0. The van der Waals surface area contributed by atoms with E-state index in [0.717, 1.165) is 41.8 Å². The molecule has 84 heavy (non-hydrogen) atoms. The Labute approximate surface area is 508 Å². The second kappa shape index (κ2) is 32.0. The second-order valence-corrected chi connectivity index (χ2v) is 22.7. The van der Waals surface area contributed by atoms with Crippen LogP contribution in [0.4, 0.5) is 22.0 Å². The van der Waals surface area contributed by atoms with Crippen molar-refractivity contribution in [1.29, 1.82) is 0 Å². The highest BCUT2D eigenvalue weighted by molar-refractivity contribution is 9.08. The fourth-order valence-corrected chi connectivity index (χ4v) is 12.7. The number of carbonyl (C=O) groups excluding carboxylic acids is 3. The van der Waals surface area contributed by atoms with Crippen LogP contribution in [0.2, 0.25) is 0 Å². The molecule has 2 aliphatic rings. The van der Waals surface area contributed by atoms with Gasteiger partial charge >= 0.3 is 17.9 Å². The predicted octanol–water partition coefficient (Wildman–Crippen LogP) is 17.4. The Morgan fingerprint density at radius 3 is 1.49 bits per heavy atom. The molecule has 0 amide bonds. The first-order chi connectivity index (χ1) is 40.6. The molecule has 2 aliphatic heterocycles. The van der Waals surface area contributed by atoms with Crippen LogP contribution in [0.25, 0.3) is 0 Å². The van der Waals surface area contributed by atoms with Gasteiger partial charge in [0.15, 0.2) is 5.78 Å². The third-order valence-electron chi connectivity index (χ3n) is 12.5. The molecule has 430 valence electrons. The van der Waals surface area contributed by atoms with Gasteiger partial charge in [0.1, 0.15) is 35.2 Å². The third-order valence-corrected chi connectivity index (χ3v) is 17.5. The number of methoxy groups -OCH3 is 2. The van der Waals surface area contributed by atoms with E-state index in [4.69, 9.17) is 9.84 Å². The number of ketones is 1. The highest BCUT2D eigenvalue weighted by atomic mass is 79.9. The molecule has 0 saturated heterocycles. The van der Waals surface area contributed by atoms with Crippen molar-refractivity contribution >= 4 is 86.7 Å². The Kier molecular flexibility index (Phi) is 24.4. The highest BCUT2D eigenvalue weighted by Crippen LogP contribution is 2.40. The van der Waals surface area contributed by atoms with Gasteiger partial charge in [-0.3, -0.25) is 4.79 Å². The fourth-order valence-electron chi connectivity index (χ4n) is 8.33. The maximum atomic E-state index is 13.3. The van der Waals surface area contributed by atoms with Gasteiger partial charge < -0.3 is 19.7 Å². The van der Waals surface area contributed by atoms with Gasteiger partial charge in [-0.1, -0.05) is 88.7 Å². The number of carboxylic acid groups (broad SMARTS) is 1. The molecular formula is C66H52BrF5O8S4. The number of aliphatic hydroxyl groups is 1. The van der Waals surface area contributed by atoms with Gasteiger partial charge in [-0.25, -0.2) is 36.3 Å². The van der Waals surface area contributed by atoms with Crippen LogP contribution in [0.1, 0.15) is 92.0 Å². The number of fused-ring (bicyclic) bond motifs is 4. The number of halogens is 6. The topological polar surface area (TPSA) is 127 Å². The summed E-state index contributed by atoms with van der Waals surface area (Å²) < 4.78 is 74.7. The van der Waals surface area contributed by atoms with Crippen LogP contribution in [-0.4, -0.2) is 48.1 Å². The van der Waals surface area contributed by atoms with Crippen molar-refractivity contribution in [2.24, 2.45) is 0 Å². The molecule has 1 atom stereocenters. The third kappa shape index (κ3) is 18.0. The SMILES string of the molecule is COC(=O)c1ccc(F)cc1CBr.COC(=O)c1ccc(F)cc1CSc1ccccc1.O=C(O)c1ccc(F)cc1CSc1ccccc1.O=C1c2ccc(F)cc2CSc2ccccc21.OC1c2ccc(F)cc2CSc2ccccc21. The van der Waals surface area contributed by atoms with Crippen LogP contribution < -0.4 is 0 Å². The van der Waals surface area contributed by atoms with Crippen molar-refractivity contribution in [2.45, 2.75) is 54.0 Å². The molecule has 9 aromatic carbocycles. The number of aromatic carboxylic acids is 1. The molecule has 18 heteroatoms. The van der Waals surface area contributed by atoms with Crippen LogP contribution in [-0.2, 0) is 37.8 Å².